The molecule has 3 rings (SSSR count). The Morgan fingerprint density at radius 1 is 1.17 bits per heavy atom. The first-order chi connectivity index (χ1) is 8.79. The maximum Gasteiger partial charge on any atom is 0.123 e. The van der Waals surface area contributed by atoms with Crippen LogP contribution in [-0.4, -0.2) is 15.0 Å². The molecule has 0 saturated heterocycles. The number of rotatable bonds is 2. The quantitative estimate of drug-likeness (QED) is 0.748. The van der Waals surface area contributed by atoms with Crippen molar-refractivity contribution in [1.29, 1.82) is 0 Å². The summed E-state index contributed by atoms with van der Waals surface area (Å²) < 4.78 is 14.9. The first-order valence-electron chi connectivity index (χ1n) is 5.59. The SMILES string of the molecule is NCc1cc(F)ccc1-n1nnc2ccccc21. The van der Waals surface area contributed by atoms with E-state index in [9.17, 15) is 4.39 Å². The number of nitrogens with two attached hydrogens (primary N) is 1. The molecule has 4 nitrogen and oxygen atoms in total. The van der Waals surface area contributed by atoms with Crippen LogP contribution in [0.15, 0.2) is 42.5 Å². The van der Waals surface area contributed by atoms with Gasteiger partial charge in [-0.3, -0.25) is 0 Å². The highest BCUT2D eigenvalue weighted by Crippen LogP contribution is 2.20. The summed E-state index contributed by atoms with van der Waals surface area (Å²) in [5, 5.41) is 8.16. The zero-order valence-electron chi connectivity index (χ0n) is 9.55. The zero-order valence-corrected chi connectivity index (χ0v) is 9.55. The molecule has 18 heavy (non-hydrogen) atoms. The van der Waals surface area contributed by atoms with E-state index in [1.807, 2.05) is 24.3 Å². The molecule has 90 valence electrons. The number of aromatic nitrogens is 3. The number of hydrogen-bond acceptors (Lipinski definition) is 3. The van der Waals surface area contributed by atoms with Gasteiger partial charge < -0.3 is 5.73 Å². The van der Waals surface area contributed by atoms with Crippen LogP contribution in [-0.2, 0) is 6.54 Å². The molecule has 0 fully saturated rings. The van der Waals surface area contributed by atoms with Gasteiger partial charge in [0.1, 0.15) is 11.3 Å². The third-order valence-electron chi connectivity index (χ3n) is 2.84. The Balaban J connectivity index is 2.26. The number of nitrogens with zero attached hydrogens (tertiary/aromatic N) is 3. The van der Waals surface area contributed by atoms with Crippen LogP contribution in [0.4, 0.5) is 4.39 Å². The normalized spacial score (nSPS) is 11.0. The largest absolute Gasteiger partial charge is 0.326 e. The second kappa shape index (κ2) is 4.19. The van der Waals surface area contributed by atoms with E-state index in [1.165, 1.54) is 12.1 Å². The van der Waals surface area contributed by atoms with E-state index in [0.29, 0.717) is 5.56 Å². The number of para-hydroxylation sites is 1. The monoisotopic (exact) mass is 242 g/mol. The molecule has 0 aliphatic heterocycles. The summed E-state index contributed by atoms with van der Waals surface area (Å²) in [5.41, 5.74) is 8.77. The molecular weight excluding hydrogens is 231 g/mol. The Morgan fingerprint density at radius 3 is 2.83 bits per heavy atom. The smallest absolute Gasteiger partial charge is 0.123 e. The van der Waals surface area contributed by atoms with Gasteiger partial charge >= 0.3 is 0 Å². The summed E-state index contributed by atoms with van der Waals surface area (Å²) in [6.45, 7) is 0.251. The van der Waals surface area contributed by atoms with Gasteiger partial charge in [0.15, 0.2) is 0 Å². The predicted molar refractivity (Wildman–Crippen MR) is 66.7 cm³/mol. The van der Waals surface area contributed by atoms with Crippen LogP contribution in [0.3, 0.4) is 0 Å². The molecule has 0 saturated carbocycles. The van der Waals surface area contributed by atoms with Gasteiger partial charge in [-0.2, -0.15) is 0 Å². The predicted octanol–water partition coefficient (Wildman–Crippen LogP) is 2.02. The lowest BCUT2D eigenvalue weighted by atomic mass is 10.1. The molecule has 0 spiro atoms. The van der Waals surface area contributed by atoms with Crippen LogP contribution in [0.2, 0.25) is 0 Å². The molecule has 2 aromatic carbocycles. The minimum Gasteiger partial charge on any atom is -0.326 e. The Morgan fingerprint density at radius 2 is 2.00 bits per heavy atom. The van der Waals surface area contributed by atoms with Crippen LogP contribution in [0.25, 0.3) is 16.7 Å². The van der Waals surface area contributed by atoms with Crippen molar-refractivity contribution in [2.24, 2.45) is 5.73 Å². The van der Waals surface area contributed by atoms with E-state index < -0.39 is 0 Å². The third-order valence-corrected chi connectivity index (χ3v) is 2.84. The Bertz CT molecular complexity index is 705. The molecule has 1 heterocycles. The van der Waals surface area contributed by atoms with Crippen LogP contribution >= 0.6 is 0 Å². The minimum absolute atomic E-state index is 0.251. The molecule has 0 aliphatic rings. The van der Waals surface area contributed by atoms with E-state index >= 15 is 0 Å². The van der Waals surface area contributed by atoms with Crippen molar-refractivity contribution in [1.82, 2.24) is 15.0 Å². The molecule has 0 aliphatic carbocycles. The fourth-order valence-corrected chi connectivity index (χ4v) is 1.97. The second-order valence-electron chi connectivity index (χ2n) is 3.97. The molecule has 0 atom stereocenters. The first kappa shape index (κ1) is 10.9. The highest BCUT2D eigenvalue weighted by Gasteiger charge is 2.10. The van der Waals surface area contributed by atoms with E-state index in [2.05, 4.69) is 10.3 Å². The van der Waals surface area contributed by atoms with Crippen LogP contribution < -0.4 is 5.73 Å². The first-order valence-corrected chi connectivity index (χ1v) is 5.59. The van der Waals surface area contributed by atoms with Gasteiger partial charge in [-0.25, -0.2) is 9.07 Å². The maximum absolute atomic E-state index is 13.2. The van der Waals surface area contributed by atoms with Crippen molar-refractivity contribution >= 4 is 11.0 Å². The Kier molecular flexibility index (Phi) is 2.53. The highest BCUT2D eigenvalue weighted by atomic mass is 19.1. The molecular formula is C13H11FN4. The molecule has 0 bridgehead atoms. The summed E-state index contributed by atoms with van der Waals surface area (Å²) in [6.07, 6.45) is 0. The van der Waals surface area contributed by atoms with Crippen molar-refractivity contribution < 1.29 is 4.39 Å². The van der Waals surface area contributed by atoms with Crippen LogP contribution in [0, 0.1) is 5.82 Å². The number of benzene rings is 2. The lowest BCUT2D eigenvalue weighted by Gasteiger charge is -2.08. The molecule has 5 heteroatoms. The summed E-state index contributed by atoms with van der Waals surface area (Å²) in [7, 11) is 0. The van der Waals surface area contributed by atoms with Crippen molar-refractivity contribution in [2.75, 3.05) is 0 Å². The fraction of sp³-hybridized carbons (Fsp3) is 0.0769. The lowest BCUT2D eigenvalue weighted by Crippen LogP contribution is -2.06. The summed E-state index contributed by atoms with van der Waals surface area (Å²) >= 11 is 0. The fourth-order valence-electron chi connectivity index (χ4n) is 1.97. The summed E-state index contributed by atoms with van der Waals surface area (Å²) in [4.78, 5) is 0. The highest BCUT2D eigenvalue weighted by molar-refractivity contribution is 5.76. The number of hydrogen-bond donors (Lipinski definition) is 1. The molecule has 3 aromatic rings. The molecule has 1 aromatic heterocycles. The van der Waals surface area contributed by atoms with Gasteiger partial charge in [0, 0.05) is 6.54 Å². The van der Waals surface area contributed by atoms with Gasteiger partial charge in [-0.15, -0.1) is 5.10 Å². The zero-order chi connectivity index (χ0) is 12.5. The average Bonchev–Trinajstić information content (AvgIpc) is 2.82. The summed E-state index contributed by atoms with van der Waals surface area (Å²) in [6, 6.07) is 12.1. The van der Waals surface area contributed by atoms with Gasteiger partial charge in [0.05, 0.1) is 11.2 Å². The van der Waals surface area contributed by atoms with E-state index in [4.69, 9.17) is 5.73 Å². The standard InChI is InChI=1S/C13H11FN4/c14-10-5-6-12(9(7-10)8-15)18-13-4-2-1-3-11(13)16-17-18/h1-7H,8,15H2. The van der Waals surface area contributed by atoms with Gasteiger partial charge in [-0.05, 0) is 35.9 Å². The van der Waals surface area contributed by atoms with E-state index in [1.54, 1.807) is 10.7 Å². The Labute approximate surface area is 103 Å². The average molecular weight is 242 g/mol. The van der Waals surface area contributed by atoms with Crippen molar-refractivity contribution in [2.45, 2.75) is 6.54 Å². The minimum atomic E-state index is -0.302. The number of halogens is 1. The van der Waals surface area contributed by atoms with Crippen LogP contribution in [0.1, 0.15) is 5.56 Å². The topological polar surface area (TPSA) is 56.7 Å². The lowest BCUT2D eigenvalue weighted by molar-refractivity contribution is 0.624. The van der Waals surface area contributed by atoms with Crippen LogP contribution in [0.5, 0.6) is 0 Å². The van der Waals surface area contributed by atoms with Gasteiger partial charge in [0.2, 0.25) is 0 Å². The van der Waals surface area contributed by atoms with Gasteiger partial charge in [-0.1, -0.05) is 17.3 Å². The van der Waals surface area contributed by atoms with E-state index in [0.717, 1.165) is 16.7 Å². The number of fused-ring (bicyclic) bond motifs is 1. The molecule has 0 amide bonds. The van der Waals surface area contributed by atoms with Crippen molar-refractivity contribution in [3.63, 3.8) is 0 Å². The summed E-state index contributed by atoms with van der Waals surface area (Å²) in [5.74, 6) is -0.302. The van der Waals surface area contributed by atoms with E-state index in [-0.39, 0.29) is 12.4 Å². The maximum atomic E-state index is 13.2. The molecule has 0 unspecified atom stereocenters. The Hall–Kier alpha value is -2.27. The van der Waals surface area contributed by atoms with Crippen molar-refractivity contribution in [3.05, 3.63) is 53.8 Å². The third kappa shape index (κ3) is 1.65. The van der Waals surface area contributed by atoms with Crippen molar-refractivity contribution in [3.8, 4) is 5.69 Å². The van der Waals surface area contributed by atoms with Gasteiger partial charge in [0.25, 0.3) is 0 Å². The molecule has 2 N–H and O–H groups in total. The molecule has 0 radical (unpaired) electrons. The second-order valence-corrected chi connectivity index (χ2v) is 3.97.